The summed E-state index contributed by atoms with van der Waals surface area (Å²) in [5, 5.41) is 11.4. The van der Waals surface area contributed by atoms with Crippen molar-refractivity contribution in [1.82, 2.24) is 0 Å². The number of halogens is 2. The topological polar surface area (TPSA) is 99.1 Å². The van der Waals surface area contributed by atoms with Gasteiger partial charge in [0.25, 0.3) is 15.9 Å². The first-order chi connectivity index (χ1) is 14.2. The fourth-order valence-corrected chi connectivity index (χ4v) is 4.60. The molecule has 0 saturated carbocycles. The van der Waals surface area contributed by atoms with E-state index < -0.39 is 15.9 Å². The zero-order valence-corrected chi connectivity index (χ0v) is 17.9. The molecule has 3 rings (SSSR count). The summed E-state index contributed by atoms with van der Waals surface area (Å²) in [5.41, 5.74) is 1.89. The molecule has 30 heavy (non-hydrogen) atoms. The lowest BCUT2D eigenvalue weighted by Gasteiger charge is -2.13. The second-order valence-electron chi connectivity index (χ2n) is 6.38. The zero-order valence-electron chi connectivity index (χ0n) is 15.6. The number of benzene rings is 3. The van der Waals surface area contributed by atoms with E-state index in [9.17, 15) is 13.2 Å². The molecule has 0 heterocycles. The van der Waals surface area contributed by atoms with Crippen LogP contribution in [-0.4, -0.2) is 14.3 Å². The van der Waals surface area contributed by atoms with Crippen LogP contribution in [0.3, 0.4) is 0 Å². The Hall–Kier alpha value is -3.05. The SMILES string of the molecule is Cc1cccc(NS(=O)(=O)c2cc(C(=O)Nc3cccc(C#N)c3)c(Cl)cc2Cl)c1. The van der Waals surface area contributed by atoms with Gasteiger partial charge in [-0.15, -0.1) is 0 Å². The molecular formula is C21H15Cl2N3O3S. The number of carbonyl (C=O) groups excluding carboxylic acids is 1. The van der Waals surface area contributed by atoms with Gasteiger partial charge in [0.05, 0.1) is 27.2 Å². The third-order valence-corrected chi connectivity index (χ3v) is 6.23. The third kappa shape index (κ3) is 4.92. The molecule has 0 spiro atoms. The van der Waals surface area contributed by atoms with Crippen molar-refractivity contribution in [3.8, 4) is 6.07 Å². The Labute approximate surface area is 184 Å². The van der Waals surface area contributed by atoms with Crippen molar-refractivity contribution in [3.63, 3.8) is 0 Å². The van der Waals surface area contributed by atoms with Crippen LogP contribution in [0.15, 0.2) is 65.6 Å². The van der Waals surface area contributed by atoms with Gasteiger partial charge in [-0.1, -0.05) is 41.4 Å². The molecule has 0 aliphatic carbocycles. The van der Waals surface area contributed by atoms with E-state index in [-0.39, 0.29) is 20.5 Å². The number of carbonyl (C=O) groups is 1. The molecule has 0 aliphatic heterocycles. The average molecular weight is 460 g/mol. The van der Waals surface area contributed by atoms with Crippen molar-refractivity contribution in [1.29, 1.82) is 5.26 Å². The highest BCUT2D eigenvalue weighted by Gasteiger charge is 2.23. The first kappa shape index (κ1) is 21.7. The maximum atomic E-state index is 12.9. The van der Waals surface area contributed by atoms with E-state index in [2.05, 4.69) is 10.0 Å². The summed E-state index contributed by atoms with van der Waals surface area (Å²) in [6.45, 7) is 1.83. The van der Waals surface area contributed by atoms with E-state index >= 15 is 0 Å². The molecule has 0 unspecified atom stereocenters. The molecule has 0 radical (unpaired) electrons. The number of anilines is 2. The average Bonchev–Trinajstić information content (AvgIpc) is 2.67. The Morgan fingerprint density at radius 1 is 0.967 bits per heavy atom. The molecule has 2 N–H and O–H groups in total. The highest BCUT2D eigenvalue weighted by atomic mass is 35.5. The molecule has 0 aromatic heterocycles. The maximum Gasteiger partial charge on any atom is 0.263 e. The van der Waals surface area contributed by atoms with E-state index in [1.54, 1.807) is 36.4 Å². The van der Waals surface area contributed by atoms with Crippen molar-refractivity contribution in [3.05, 3.63) is 87.4 Å². The van der Waals surface area contributed by atoms with Crippen molar-refractivity contribution < 1.29 is 13.2 Å². The van der Waals surface area contributed by atoms with Crippen LogP contribution < -0.4 is 10.0 Å². The molecule has 9 heteroatoms. The van der Waals surface area contributed by atoms with Gasteiger partial charge in [-0.05, 0) is 55.0 Å². The highest BCUT2D eigenvalue weighted by Crippen LogP contribution is 2.30. The van der Waals surface area contributed by atoms with Crippen LogP contribution in [0, 0.1) is 18.3 Å². The summed E-state index contributed by atoms with van der Waals surface area (Å²) in [6, 6.07) is 17.4. The Balaban J connectivity index is 1.95. The van der Waals surface area contributed by atoms with Gasteiger partial charge >= 0.3 is 0 Å². The monoisotopic (exact) mass is 459 g/mol. The molecule has 0 aliphatic rings. The lowest BCUT2D eigenvalue weighted by molar-refractivity contribution is 0.102. The maximum absolute atomic E-state index is 12.9. The Morgan fingerprint density at radius 2 is 1.67 bits per heavy atom. The first-order valence-corrected chi connectivity index (χ1v) is 10.8. The van der Waals surface area contributed by atoms with Gasteiger partial charge in [0.15, 0.2) is 0 Å². The summed E-state index contributed by atoms with van der Waals surface area (Å²) in [7, 11) is -4.08. The van der Waals surface area contributed by atoms with Crippen LogP contribution in [0.25, 0.3) is 0 Å². The van der Waals surface area contributed by atoms with Gasteiger partial charge < -0.3 is 5.32 Å². The van der Waals surface area contributed by atoms with E-state index in [0.717, 1.165) is 11.6 Å². The molecule has 0 fully saturated rings. The second kappa shape index (κ2) is 8.76. The van der Waals surface area contributed by atoms with Gasteiger partial charge in [0.1, 0.15) is 4.90 Å². The largest absolute Gasteiger partial charge is 0.322 e. The van der Waals surface area contributed by atoms with Gasteiger partial charge in [-0.3, -0.25) is 9.52 Å². The molecule has 0 bridgehead atoms. The van der Waals surface area contributed by atoms with Crippen molar-refractivity contribution in [2.45, 2.75) is 11.8 Å². The number of aryl methyl sites for hydroxylation is 1. The van der Waals surface area contributed by atoms with Crippen LogP contribution in [0.2, 0.25) is 10.0 Å². The molecule has 152 valence electrons. The van der Waals surface area contributed by atoms with Crippen LogP contribution in [0.5, 0.6) is 0 Å². The van der Waals surface area contributed by atoms with Crippen molar-refractivity contribution >= 4 is 50.5 Å². The zero-order chi connectivity index (χ0) is 21.9. The lowest BCUT2D eigenvalue weighted by atomic mass is 10.2. The van der Waals surface area contributed by atoms with Crippen LogP contribution in [0.1, 0.15) is 21.5 Å². The number of nitrogens with zero attached hydrogens (tertiary/aromatic N) is 1. The summed E-state index contributed by atoms with van der Waals surface area (Å²) < 4.78 is 28.2. The standard InChI is InChI=1S/C21H15Cl2N3O3S/c1-13-4-2-7-16(8-13)26-30(28,29)20-10-17(18(22)11-19(20)23)21(27)25-15-6-3-5-14(9-15)12-24/h2-11,26H,1H3,(H,25,27). The van der Waals surface area contributed by atoms with Gasteiger partial charge in [0.2, 0.25) is 0 Å². The lowest BCUT2D eigenvalue weighted by Crippen LogP contribution is -2.17. The molecule has 3 aromatic carbocycles. The number of nitrogens with one attached hydrogen (secondary N) is 2. The molecule has 6 nitrogen and oxygen atoms in total. The minimum Gasteiger partial charge on any atom is -0.322 e. The minimum absolute atomic E-state index is 0.0107. The first-order valence-electron chi connectivity index (χ1n) is 8.59. The predicted octanol–water partition coefficient (Wildman–Crippen LogP) is 5.23. The highest BCUT2D eigenvalue weighted by molar-refractivity contribution is 7.92. The van der Waals surface area contributed by atoms with Crippen LogP contribution >= 0.6 is 23.2 Å². The Kier molecular flexibility index (Phi) is 6.32. The molecule has 3 aromatic rings. The number of sulfonamides is 1. The summed E-state index contributed by atoms with van der Waals surface area (Å²) in [5.74, 6) is -0.640. The van der Waals surface area contributed by atoms with Crippen LogP contribution in [0.4, 0.5) is 11.4 Å². The smallest absolute Gasteiger partial charge is 0.263 e. The fraction of sp³-hybridized carbons (Fsp3) is 0.0476. The minimum atomic E-state index is -4.08. The van der Waals surface area contributed by atoms with Gasteiger partial charge in [-0.2, -0.15) is 5.26 Å². The number of hydrogen-bond donors (Lipinski definition) is 2. The molecule has 0 atom stereocenters. The number of nitriles is 1. The second-order valence-corrected chi connectivity index (χ2v) is 8.85. The molecule has 0 saturated heterocycles. The van der Waals surface area contributed by atoms with E-state index in [1.165, 1.54) is 12.1 Å². The van der Waals surface area contributed by atoms with E-state index in [0.29, 0.717) is 16.9 Å². The Morgan fingerprint density at radius 3 is 2.37 bits per heavy atom. The normalized spacial score (nSPS) is 10.9. The van der Waals surface area contributed by atoms with E-state index in [4.69, 9.17) is 28.5 Å². The summed E-state index contributed by atoms with van der Waals surface area (Å²) in [4.78, 5) is 12.4. The number of amides is 1. The van der Waals surface area contributed by atoms with Crippen molar-refractivity contribution in [2.24, 2.45) is 0 Å². The number of hydrogen-bond acceptors (Lipinski definition) is 4. The van der Waals surface area contributed by atoms with Crippen molar-refractivity contribution in [2.75, 3.05) is 10.0 Å². The third-order valence-electron chi connectivity index (χ3n) is 4.08. The Bertz CT molecular complexity index is 1280. The molecule has 1 amide bonds. The fourth-order valence-electron chi connectivity index (χ4n) is 2.69. The predicted molar refractivity (Wildman–Crippen MR) is 118 cm³/mol. The number of rotatable bonds is 5. The van der Waals surface area contributed by atoms with Crippen LogP contribution in [-0.2, 0) is 10.0 Å². The molecular weight excluding hydrogens is 445 g/mol. The quantitative estimate of drug-likeness (QED) is 0.545. The van der Waals surface area contributed by atoms with Gasteiger partial charge in [0, 0.05) is 11.4 Å². The summed E-state index contributed by atoms with van der Waals surface area (Å²) in [6.07, 6.45) is 0. The van der Waals surface area contributed by atoms with E-state index in [1.807, 2.05) is 19.1 Å². The summed E-state index contributed by atoms with van der Waals surface area (Å²) >= 11 is 12.3. The van der Waals surface area contributed by atoms with Gasteiger partial charge in [-0.25, -0.2) is 8.42 Å².